The normalized spacial score (nSPS) is 10.5. The van der Waals surface area contributed by atoms with E-state index >= 15 is 0 Å². The molecule has 0 saturated heterocycles. The highest BCUT2D eigenvalue weighted by Gasteiger charge is 2.02. The summed E-state index contributed by atoms with van der Waals surface area (Å²) in [4.78, 5) is 5.46. The average molecular weight is 219 g/mol. The SMILES string of the molecule is CCn1ccnc1Sc1ccc(N)cc1. The molecule has 1 aromatic heterocycles. The van der Waals surface area contributed by atoms with Gasteiger partial charge in [0.25, 0.3) is 0 Å². The van der Waals surface area contributed by atoms with Crippen molar-refractivity contribution in [1.82, 2.24) is 9.55 Å². The fourth-order valence-electron chi connectivity index (χ4n) is 1.28. The minimum Gasteiger partial charge on any atom is -0.399 e. The summed E-state index contributed by atoms with van der Waals surface area (Å²) in [6, 6.07) is 7.83. The van der Waals surface area contributed by atoms with Crippen molar-refractivity contribution in [3.05, 3.63) is 36.7 Å². The Morgan fingerprint density at radius 1 is 1.33 bits per heavy atom. The van der Waals surface area contributed by atoms with Gasteiger partial charge in [0, 0.05) is 29.5 Å². The third-order valence-electron chi connectivity index (χ3n) is 2.11. The Morgan fingerprint density at radius 2 is 2.07 bits per heavy atom. The van der Waals surface area contributed by atoms with E-state index in [9.17, 15) is 0 Å². The van der Waals surface area contributed by atoms with Crippen LogP contribution in [0.4, 0.5) is 5.69 Å². The van der Waals surface area contributed by atoms with Crippen molar-refractivity contribution in [3.63, 3.8) is 0 Å². The lowest BCUT2D eigenvalue weighted by Gasteiger charge is -2.04. The van der Waals surface area contributed by atoms with Gasteiger partial charge in [0.15, 0.2) is 5.16 Å². The second-order valence-electron chi connectivity index (χ2n) is 3.17. The van der Waals surface area contributed by atoms with E-state index < -0.39 is 0 Å². The van der Waals surface area contributed by atoms with Gasteiger partial charge >= 0.3 is 0 Å². The smallest absolute Gasteiger partial charge is 0.172 e. The van der Waals surface area contributed by atoms with Crippen LogP contribution in [0.15, 0.2) is 46.7 Å². The quantitative estimate of drug-likeness (QED) is 0.807. The van der Waals surface area contributed by atoms with Gasteiger partial charge in [-0.15, -0.1) is 0 Å². The fourth-order valence-corrected chi connectivity index (χ4v) is 2.19. The van der Waals surface area contributed by atoms with Gasteiger partial charge in [-0.05, 0) is 31.2 Å². The van der Waals surface area contributed by atoms with E-state index in [1.807, 2.05) is 36.7 Å². The fraction of sp³-hybridized carbons (Fsp3) is 0.182. The minimum absolute atomic E-state index is 0.790. The molecular formula is C11H13N3S. The topological polar surface area (TPSA) is 43.8 Å². The van der Waals surface area contributed by atoms with E-state index in [0.29, 0.717) is 0 Å². The van der Waals surface area contributed by atoms with Crippen molar-refractivity contribution in [2.24, 2.45) is 0 Å². The molecule has 0 aliphatic carbocycles. The van der Waals surface area contributed by atoms with Gasteiger partial charge in [0.1, 0.15) is 0 Å². The number of hydrogen-bond acceptors (Lipinski definition) is 3. The number of rotatable bonds is 3. The van der Waals surface area contributed by atoms with Gasteiger partial charge in [-0.1, -0.05) is 11.8 Å². The standard InChI is InChI=1S/C11H13N3S/c1-2-14-8-7-13-11(14)15-10-5-3-9(12)4-6-10/h3-8H,2,12H2,1H3. The minimum atomic E-state index is 0.790. The van der Waals surface area contributed by atoms with Crippen molar-refractivity contribution >= 4 is 17.4 Å². The largest absolute Gasteiger partial charge is 0.399 e. The molecule has 0 aliphatic heterocycles. The number of aryl methyl sites for hydroxylation is 1. The van der Waals surface area contributed by atoms with Crippen molar-refractivity contribution in [2.75, 3.05) is 5.73 Å². The summed E-state index contributed by atoms with van der Waals surface area (Å²) in [7, 11) is 0. The zero-order chi connectivity index (χ0) is 10.7. The highest BCUT2D eigenvalue weighted by molar-refractivity contribution is 7.99. The first-order chi connectivity index (χ1) is 7.29. The van der Waals surface area contributed by atoms with Crippen LogP contribution in [0.5, 0.6) is 0 Å². The average Bonchev–Trinajstić information content (AvgIpc) is 2.69. The molecule has 0 atom stereocenters. The van der Waals surface area contributed by atoms with Crippen LogP contribution in [0, 0.1) is 0 Å². The zero-order valence-electron chi connectivity index (χ0n) is 8.55. The van der Waals surface area contributed by atoms with Gasteiger partial charge in [-0.25, -0.2) is 4.98 Å². The number of imidazole rings is 1. The molecule has 15 heavy (non-hydrogen) atoms. The summed E-state index contributed by atoms with van der Waals surface area (Å²) in [5.41, 5.74) is 6.42. The number of hydrogen-bond donors (Lipinski definition) is 1. The molecule has 0 radical (unpaired) electrons. The Labute approximate surface area is 93.3 Å². The predicted octanol–water partition coefficient (Wildman–Crippen LogP) is 2.64. The second-order valence-corrected chi connectivity index (χ2v) is 4.21. The van der Waals surface area contributed by atoms with Crippen molar-refractivity contribution in [1.29, 1.82) is 0 Å². The number of anilines is 1. The van der Waals surface area contributed by atoms with Crippen LogP contribution in [0.2, 0.25) is 0 Å². The van der Waals surface area contributed by atoms with Crippen molar-refractivity contribution in [3.8, 4) is 0 Å². The first-order valence-electron chi connectivity index (χ1n) is 4.84. The van der Waals surface area contributed by atoms with E-state index in [2.05, 4.69) is 16.5 Å². The zero-order valence-corrected chi connectivity index (χ0v) is 9.37. The lowest BCUT2D eigenvalue weighted by atomic mass is 10.3. The molecule has 1 heterocycles. The van der Waals surface area contributed by atoms with E-state index in [1.54, 1.807) is 11.8 Å². The number of nitrogens with zero attached hydrogens (tertiary/aromatic N) is 2. The lowest BCUT2D eigenvalue weighted by molar-refractivity contribution is 0.681. The number of nitrogens with two attached hydrogens (primary N) is 1. The molecule has 0 saturated carbocycles. The molecule has 1 aromatic carbocycles. The number of aromatic nitrogens is 2. The summed E-state index contributed by atoms with van der Waals surface area (Å²) in [5, 5.41) is 1.02. The van der Waals surface area contributed by atoms with Gasteiger partial charge < -0.3 is 10.3 Å². The van der Waals surface area contributed by atoms with E-state index in [0.717, 1.165) is 22.3 Å². The Morgan fingerprint density at radius 3 is 2.73 bits per heavy atom. The Balaban J connectivity index is 2.18. The first kappa shape index (κ1) is 10.1. The Hall–Kier alpha value is -1.42. The summed E-state index contributed by atoms with van der Waals surface area (Å²) < 4.78 is 2.11. The number of nitrogen functional groups attached to an aromatic ring is 1. The number of benzene rings is 1. The van der Waals surface area contributed by atoms with Crippen LogP contribution < -0.4 is 5.73 Å². The van der Waals surface area contributed by atoms with Gasteiger partial charge in [0.2, 0.25) is 0 Å². The molecule has 0 aliphatic rings. The summed E-state index contributed by atoms with van der Waals surface area (Å²) >= 11 is 1.65. The van der Waals surface area contributed by atoms with Crippen LogP contribution in [0.3, 0.4) is 0 Å². The maximum absolute atomic E-state index is 5.63. The van der Waals surface area contributed by atoms with Gasteiger partial charge in [0.05, 0.1) is 0 Å². The molecule has 2 aromatic rings. The summed E-state index contributed by atoms with van der Waals surface area (Å²) in [5.74, 6) is 0. The third kappa shape index (κ3) is 2.33. The van der Waals surface area contributed by atoms with Crippen LogP contribution in [-0.4, -0.2) is 9.55 Å². The van der Waals surface area contributed by atoms with Crippen LogP contribution in [0.1, 0.15) is 6.92 Å². The maximum Gasteiger partial charge on any atom is 0.172 e. The second kappa shape index (κ2) is 4.40. The van der Waals surface area contributed by atoms with Crippen LogP contribution >= 0.6 is 11.8 Å². The Kier molecular flexibility index (Phi) is 2.97. The molecule has 2 rings (SSSR count). The lowest BCUT2D eigenvalue weighted by Crippen LogP contribution is -1.94. The maximum atomic E-state index is 5.63. The predicted molar refractivity (Wildman–Crippen MR) is 62.9 cm³/mol. The van der Waals surface area contributed by atoms with Crippen LogP contribution in [-0.2, 0) is 6.54 Å². The molecule has 2 N–H and O–H groups in total. The monoisotopic (exact) mass is 219 g/mol. The highest BCUT2D eigenvalue weighted by Crippen LogP contribution is 2.26. The molecular weight excluding hydrogens is 206 g/mol. The summed E-state index contributed by atoms with van der Waals surface area (Å²) in [6.45, 7) is 3.05. The third-order valence-corrected chi connectivity index (χ3v) is 3.14. The Bertz CT molecular complexity index is 433. The molecule has 4 heteroatoms. The molecule has 0 unspecified atom stereocenters. The molecule has 0 spiro atoms. The molecule has 0 fully saturated rings. The molecule has 0 amide bonds. The van der Waals surface area contributed by atoms with Crippen molar-refractivity contribution in [2.45, 2.75) is 23.5 Å². The van der Waals surface area contributed by atoms with Crippen LogP contribution in [0.25, 0.3) is 0 Å². The van der Waals surface area contributed by atoms with Gasteiger partial charge in [-0.2, -0.15) is 0 Å². The molecule has 78 valence electrons. The van der Waals surface area contributed by atoms with E-state index in [1.165, 1.54) is 0 Å². The van der Waals surface area contributed by atoms with Gasteiger partial charge in [-0.3, -0.25) is 0 Å². The molecule has 0 bridgehead atoms. The first-order valence-corrected chi connectivity index (χ1v) is 5.66. The van der Waals surface area contributed by atoms with E-state index in [4.69, 9.17) is 5.73 Å². The van der Waals surface area contributed by atoms with Crippen molar-refractivity contribution < 1.29 is 0 Å². The highest BCUT2D eigenvalue weighted by atomic mass is 32.2. The van der Waals surface area contributed by atoms with E-state index in [-0.39, 0.29) is 0 Å². The summed E-state index contributed by atoms with van der Waals surface area (Å²) in [6.07, 6.45) is 3.81. The molecule has 3 nitrogen and oxygen atoms in total.